The number of rotatable bonds is 9. The molecule has 0 saturated heterocycles. The summed E-state index contributed by atoms with van der Waals surface area (Å²) in [4.78, 5) is 30.0. The third-order valence-electron chi connectivity index (χ3n) is 6.28. The third kappa shape index (κ3) is 8.49. The minimum Gasteiger partial charge on any atom is -0.450 e. The standard InChI is InChI=1S/C31H25BrCl2F3N3O3/c1-2-13-43-30(42)39-17-27-20(16-38-29(41)19-3-7-21(8-4-19)31(35,36)37)14-25(24-12-11-23(33)15-26(24)34)28(40-27)18-5-9-22(32)10-6-18/h3-12,14-15H,2,13,16-17H2,1H3,(H,38,41)(H,39,42). The Balaban J connectivity index is 1.75. The maximum atomic E-state index is 13.0. The topological polar surface area (TPSA) is 80.3 Å². The summed E-state index contributed by atoms with van der Waals surface area (Å²) >= 11 is 16.2. The van der Waals surface area contributed by atoms with Crippen molar-refractivity contribution in [2.45, 2.75) is 32.6 Å². The summed E-state index contributed by atoms with van der Waals surface area (Å²) in [5.74, 6) is -0.585. The first-order valence-electron chi connectivity index (χ1n) is 13.1. The highest BCUT2D eigenvalue weighted by molar-refractivity contribution is 9.10. The van der Waals surface area contributed by atoms with Crippen LogP contribution in [0, 0.1) is 0 Å². The Kier molecular flexibility index (Phi) is 10.7. The molecule has 0 bridgehead atoms. The number of ether oxygens (including phenoxy) is 1. The van der Waals surface area contributed by atoms with E-state index in [1.165, 1.54) is 0 Å². The smallest absolute Gasteiger partial charge is 0.416 e. The van der Waals surface area contributed by atoms with Crippen LogP contribution in [-0.4, -0.2) is 23.6 Å². The molecule has 0 aliphatic heterocycles. The quantitative estimate of drug-likeness (QED) is 0.183. The number of alkyl halides is 3. The zero-order chi connectivity index (χ0) is 31.1. The van der Waals surface area contributed by atoms with Gasteiger partial charge in [0.15, 0.2) is 0 Å². The van der Waals surface area contributed by atoms with E-state index >= 15 is 0 Å². The van der Waals surface area contributed by atoms with Crippen LogP contribution in [0.15, 0.2) is 77.3 Å². The van der Waals surface area contributed by atoms with Crippen molar-refractivity contribution in [3.05, 3.63) is 110 Å². The predicted molar refractivity (Wildman–Crippen MR) is 164 cm³/mol. The van der Waals surface area contributed by atoms with Crippen molar-refractivity contribution >= 4 is 51.1 Å². The molecule has 4 rings (SSSR count). The molecule has 2 amide bonds. The molecule has 0 spiro atoms. The first-order valence-corrected chi connectivity index (χ1v) is 14.6. The molecule has 0 aliphatic carbocycles. The highest BCUT2D eigenvalue weighted by Crippen LogP contribution is 2.38. The molecular weight excluding hydrogens is 670 g/mol. The van der Waals surface area contributed by atoms with Crippen molar-refractivity contribution < 1.29 is 27.5 Å². The fourth-order valence-corrected chi connectivity index (χ4v) is 4.90. The summed E-state index contributed by atoms with van der Waals surface area (Å²) in [6.07, 6.45) is -4.49. The summed E-state index contributed by atoms with van der Waals surface area (Å²) < 4.78 is 44.9. The Bertz CT molecular complexity index is 1620. The number of amides is 2. The van der Waals surface area contributed by atoms with Crippen molar-refractivity contribution in [1.29, 1.82) is 0 Å². The lowest BCUT2D eigenvalue weighted by Crippen LogP contribution is -2.27. The van der Waals surface area contributed by atoms with Gasteiger partial charge in [-0.2, -0.15) is 13.2 Å². The molecule has 0 saturated carbocycles. The van der Waals surface area contributed by atoms with Crippen LogP contribution in [0.4, 0.5) is 18.0 Å². The highest BCUT2D eigenvalue weighted by atomic mass is 79.9. The number of carbonyl (C=O) groups is 2. The number of halogens is 6. The van der Waals surface area contributed by atoms with E-state index in [1.807, 2.05) is 31.2 Å². The van der Waals surface area contributed by atoms with Gasteiger partial charge in [-0.3, -0.25) is 4.79 Å². The number of aromatic nitrogens is 1. The largest absolute Gasteiger partial charge is 0.450 e. The van der Waals surface area contributed by atoms with E-state index in [4.69, 9.17) is 32.9 Å². The Labute approximate surface area is 264 Å². The second kappa shape index (κ2) is 14.2. The van der Waals surface area contributed by atoms with E-state index in [-0.39, 0.29) is 25.3 Å². The first kappa shape index (κ1) is 32.3. The highest BCUT2D eigenvalue weighted by Gasteiger charge is 2.30. The first-order chi connectivity index (χ1) is 20.5. The Hall–Kier alpha value is -3.60. The van der Waals surface area contributed by atoms with Crippen LogP contribution in [0.25, 0.3) is 22.4 Å². The second-order valence-corrected chi connectivity index (χ2v) is 11.1. The molecule has 0 radical (unpaired) electrons. The predicted octanol–water partition coefficient (Wildman–Crippen LogP) is 9.07. The van der Waals surface area contributed by atoms with Crippen molar-refractivity contribution in [3.8, 4) is 22.4 Å². The van der Waals surface area contributed by atoms with Crippen molar-refractivity contribution in [1.82, 2.24) is 15.6 Å². The molecule has 43 heavy (non-hydrogen) atoms. The van der Waals surface area contributed by atoms with Gasteiger partial charge in [0.1, 0.15) is 0 Å². The molecule has 0 atom stereocenters. The third-order valence-corrected chi connectivity index (χ3v) is 7.36. The average Bonchev–Trinajstić information content (AvgIpc) is 2.98. The van der Waals surface area contributed by atoms with Crippen LogP contribution in [-0.2, 0) is 24.0 Å². The summed E-state index contributed by atoms with van der Waals surface area (Å²) in [6, 6.07) is 18.3. The van der Waals surface area contributed by atoms with Crippen LogP contribution < -0.4 is 10.6 Å². The Morgan fingerprint density at radius 3 is 2.23 bits per heavy atom. The summed E-state index contributed by atoms with van der Waals surface area (Å²) in [6.45, 7) is 2.05. The number of nitrogens with zero attached hydrogens (tertiary/aromatic N) is 1. The molecule has 3 aromatic carbocycles. The number of hydrogen-bond donors (Lipinski definition) is 2. The number of carbonyl (C=O) groups excluding carboxylic acids is 2. The van der Waals surface area contributed by atoms with Gasteiger partial charge in [-0.05, 0) is 66.6 Å². The monoisotopic (exact) mass is 693 g/mol. The van der Waals surface area contributed by atoms with Crippen LogP contribution >= 0.6 is 39.1 Å². The van der Waals surface area contributed by atoms with E-state index in [1.54, 1.807) is 24.3 Å². The zero-order valence-corrected chi connectivity index (χ0v) is 25.8. The second-order valence-electron chi connectivity index (χ2n) is 9.37. The number of hydrogen-bond acceptors (Lipinski definition) is 4. The van der Waals surface area contributed by atoms with Crippen molar-refractivity contribution in [2.24, 2.45) is 0 Å². The van der Waals surface area contributed by atoms with Crippen LogP contribution in [0.1, 0.15) is 40.5 Å². The van der Waals surface area contributed by atoms with Gasteiger partial charge in [0, 0.05) is 43.3 Å². The van der Waals surface area contributed by atoms with Gasteiger partial charge in [-0.15, -0.1) is 0 Å². The molecule has 6 nitrogen and oxygen atoms in total. The Morgan fingerprint density at radius 1 is 0.907 bits per heavy atom. The molecule has 224 valence electrons. The van der Waals surface area contributed by atoms with E-state index in [0.717, 1.165) is 34.3 Å². The van der Waals surface area contributed by atoms with E-state index in [9.17, 15) is 22.8 Å². The molecule has 1 heterocycles. The van der Waals surface area contributed by atoms with Gasteiger partial charge in [0.25, 0.3) is 5.91 Å². The van der Waals surface area contributed by atoms with Crippen LogP contribution in [0.2, 0.25) is 10.0 Å². The summed E-state index contributed by atoms with van der Waals surface area (Å²) in [7, 11) is 0. The molecule has 0 aliphatic rings. The van der Waals surface area contributed by atoms with Gasteiger partial charge >= 0.3 is 12.3 Å². The number of alkyl carbamates (subject to hydrolysis) is 1. The summed E-state index contributed by atoms with van der Waals surface area (Å²) in [5, 5.41) is 6.25. The van der Waals surface area contributed by atoms with Gasteiger partial charge in [0.05, 0.1) is 30.1 Å². The van der Waals surface area contributed by atoms with E-state index in [0.29, 0.717) is 44.5 Å². The molecule has 2 N–H and O–H groups in total. The maximum Gasteiger partial charge on any atom is 0.416 e. The van der Waals surface area contributed by atoms with Gasteiger partial charge < -0.3 is 15.4 Å². The van der Waals surface area contributed by atoms with Crippen LogP contribution in [0.5, 0.6) is 0 Å². The Morgan fingerprint density at radius 2 is 1.60 bits per heavy atom. The SMILES string of the molecule is CCCOC(=O)NCc1nc(-c2ccc(Br)cc2)c(-c2ccc(Cl)cc2Cl)cc1CNC(=O)c1ccc(C(F)(F)F)cc1. The lowest BCUT2D eigenvalue weighted by molar-refractivity contribution is -0.137. The van der Waals surface area contributed by atoms with Crippen LogP contribution in [0.3, 0.4) is 0 Å². The van der Waals surface area contributed by atoms with Crippen molar-refractivity contribution in [2.75, 3.05) is 6.61 Å². The molecule has 1 aromatic heterocycles. The zero-order valence-electron chi connectivity index (χ0n) is 22.7. The lowest BCUT2D eigenvalue weighted by Gasteiger charge is -2.18. The van der Waals surface area contributed by atoms with Gasteiger partial charge in [0.2, 0.25) is 0 Å². The molecule has 12 heteroatoms. The molecular formula is C31H25BrCl2F3N3O3. The fraction of sp³-hybridized carbons (Fsp3) is 0.194. The van der Waals surface area contributed by atoms with Gasteiger partial charge in [-0.1, -0.05) is 64.3 Å². The lowest BCUT2D eigenvalue weighted by atomic mass is 9.96. The minimum atomic E-state index is -4.52. The van der Waals surface area contributed by atoms with E-state index in [2.05, 4.69) is 26.6 Å². The fourth-order valence-electron chi connectivity index (χ4n) is 4.13. The molecule has 0 unspecified atom stereocenters. The minimum absolute atomic E-state index is 0.0216. The number of benzene rings is 3. The molecule has 4 aromatic rings. The number of pyridine rings is 1. The number of nitrogens with one attached hydrogen (secondary N) is 2. The maximum absolute atomic E-state index is 13.0. The molecule has 0 fully saturated rings. The van der Waals surface area contributed by atoms with E-state index < -0.39 is 23.7 Å². The van der Waals surface area contributed by atoms with Gasteiger partial charge in [-0.25, -0.2) is 9.78 Å². The normalized spacial score (nSPS) is 11.2. The summed E-state index contributed by atoms with van der Waals surface area (Å²) in [5.41, 5.74) is 2.77. The van der Waals surface area contributed by atoms with Crippen molar-refractivity contribution in [3.63, 3.8) is 0 Å². The average molecular weight is 695 g/mol.